The van der Waals surface area contributed by atoms with Gasteiger partial charge < -0.3 is 10.3 Å². The molecule has 0 spiro atoms. The molecular weight excluding hydrogens is 290 g/mol. The van der Waals surface area contributed by atoms with Crippen LogP contribution < -0.4 is 5.73 Å². The molecule has 0 fully saturated rings. The Morgan fingerprint density at radius 2 is 2.25 bits per heavy atom. The van der Waals surface area contributed by atoms with Crippen molar-refractivity contribution < 1.29 is 0 Å². The van der Waals surface area contributed by atoms with Gasteiger partial charge in [-0.05, 0) is 36.1 Å². The summed E-state index contributed by atoms with van der Waals surface area (Å²) in [5.41, 5.74) is 8.39. The van der Waals surface area contributed by atoms with E-state index in [2.05, 4.69) is 17.6 Å². The van der Waals surface area contributed by atoms with E-state index in [0.717, 1.165) is 34.7 Å². The van der Waals surface area contributed by atoms with Gasteiger partial charge in [-0.1, -0.05) is 24.6 Å². The average molecular weight is 306 g/mol. The monoisotopic (exact) mass is 305 g/mol. The van der Waals surface area contributed by atoms with E-state index in [4.69, 9.17) is 22.3 Å². The summed E-state index contributed by atoms with van der Waals surface area (Å²) in [7, 11) is 0. The standard InChI is InChI=1S/C15H16ClN3S/c1-2-7-19-12-6-5-10(16)9-11(12)18-15(19)14(17)13-4-3-8-20-13/h3-6,8-9,14H,2,7,17H2,1H3. The van der Waals surface area contributed by atoms with E-state index in [-0.39, 0.29) is 6.04 Å². The van der Waals surface area contributed by atoms with Crippen LogP contribution in [0.1, 0.15) is 30.1 Å². The predicted octanol–water partition coefficient (Wildman–Crippen LogP) is 4.21. The fourth-order valence-electron chi connectivity index (χ4n) is 2.41. The average Bonchev–Trinajstić information content (AvgIpc) is 3.06. The number of aromatic nitrogens is 2. The molecule has 3 nitrogen and oxygen atoms in total. The van der Waals surface area contributed by atoms with E-state index in [1.54, 1.807) is 11.3 Å². The third-order valence-electron chi connectivity index (χ3n) is 3.31. The van der Waals surface area contributed by atoms with Crippen LogP contribution in [0.2, 0.25) is 5.02 Å². The Labute approximate surface area is 127 Å². The number of halogens is 1. The minimum absolute atomic E-state index is 0.187. The number of fused-ring (bicyclic) bond motifs is 1. The molecule has 0 aliphatic heterocycles. The minimum atomic E-state index is -0.187. The molecule has 0 aliphatic carbocycles. The molecule has 1 aromatic carbocycles. The molecule has 5 heteroatoms. The minimum Gasteiger partial charge on any atom is -0.326 e. The summed E-state index contributed by atoms with van der Waals surface area (Å²) in [5, 5.41) is 2.74. The van der Waals surface area contributed by atoms with Crippen molar-refractivity contribution in [3.05, 3.63) is 51.4 Å². The third kappa shape index (κ3) is 2.35. The summed E-state index contributed by atoms with van der Waals surface area (Å²) in [5.74, 6) is 0.909. The van der Waals surface area contributed by atoms with Gasteiger partial charge in [-0.2, -0.15) is 0 Å². The van der Waals surface area contributed by atoms with E-state index in [1.807, 2.05) is 29.6 Å². The first-order chi connectivity index (χ1) is 9.70. The van der Waals surface area contributed by atoms with Gasteiger partial charge in [0.1, 0.15) is 5.82 Å². The summed E-state index contributed by atoms with van der Waals surface area (Å²) >= 11 is 7.72. The Hall–Kier alpha value is -1.36. The van der Waals surface area contributed by atoms with E-state index in [1.165, 1.54) is 0 Å². The van der Waals surface area contributed by atoms with Crippen LogP contribution >= 0.6 is 22.9 Å². The largest absolute Gasteiger partial charge is 0.326 e. The molecule has 0 saturated heterocycles. The number of hydrogen-bond acceptors (Lipinski definition) is 3. The van der Waals surface area contributed by atoms with Crippen molar-refractivity contribution in [1.82, 2.24) is 9.55 Å². The van der Waals surface area contributed by atoms with Crippen molar-refractivity contribution in [3.8, 4) is 0 Å². The van der Waals surface area contributed by atoms with Crippen LogP contribution in [0, 0.1) is 0 Å². The van der Waals surface area contributed by atoms with Crippen LogP contribution in [-0.4, -0.2) is 9.55 Å². The van der Waals surface area contributed by atoms with Crippen LogP contribution in [0.3, 0.4) is 0 Å². The molecule has 2 N–H and O–H groups in total. The zero-order valence-corrected chi connectivity index (χ0v) is 12.8. The Morgan fingerprint density at radius 3 is 2.95 bits per heavy atom. The van der Waals surface area contributed by atoms with Gasteiger partial charge in [-0.25, -0.2) is 4.98 Å². The van der Waals surface area contributed by atoms with Gasteiger partial charge in [0.25, 0.3) is 0 Å². The first-order valence-corrected chi connectivity index (χ1v) is 7.91. The highest BCUT2D eigenvalue weighted by Crippen LogP contribution is 2.28. The third-order valence-corrected chi connectivity index (χ3v) is 4.51. The van der Waals surface area contributed by atoms with Crippen LogP contribution in [0.4, 0.5) is 0 Å². The van der Waals surface area contributed by atoms with Gasteiger partial charge in [0.15, 0.2) is 0 Å². The fourth-order valence-corrected chi connectivity index (χ4v) is 3.30. The normalized spacial score (nSPS) is 12.9. The maximum Gasteiger partial charge on any atom is 0.132 e. The zero-order valence-electron chi connectivity index (χ0n) is 11.2. The van der Waals surface area contributed by atoms with Crippen LogP contribution in [-0.2, 0) is 6.54 Å². The van der Waals surface area contributed by atoms with E-state index >= 15 is 0 Å². The zero-order chi connectivity index (χ0) is 14.1. The fraction of sp³-hybridized carbons (Fsp3) is 0.267. The SMILES string of the molecule is CCCn1c(C(N)c2cccs2)nc2cc(Cl)ccc21. The highest BCUT2D eigenvalue weighted by Gasteiger charge is 2.19. The van der Waals surface area contributed by atoms with Gasteiger partial charge in [0.2, 0.25) is 0 Å². The topological polar surface area (TPSA) is 43.8 Å². The molecule has 2 aromatic heterocycles. The van der Waals surface area contributed by atoms with Crippen molar-refractivity contribution in [2.24, 2.45) is 5.73 Å². The number of hydrogen-bond donors (Lipinski definition) is 1. The number of aryl methyl sites for hydroxylation is 1. The maximum absolute atomic E-state index is 6.39. The lowest BCUT2D eigenvalue weighted by Crippen LogP contribution is -2.17. The molecule has 1 unspecified atom stereocenters. The van der Waals surface area contributed by atoms with Crippen molar-refractivity contribution in [3.63, 3.8) is 0 Å². The molecule has 20 heavy (non-hydrogen) atoms. The van der Waals surface area contributed by atoms with Crippen LogP contribution in [0.25, 0.3) is 11.0 Å². The first kappa shape index (κ1) is 13.6. The second kappa shape index (κ2) is 5.56. The molecule has 3 aromatic rings. The smallest absolute Gasteiger partial charge is 0.132 e. The van der Waals surface area contributed by atoms with E-state index < -0.39 is 0 Å². The first-order valence-electron chi connectivity index (χ1n) is 6.65. The van der Waals surface area contributed by atoms with Gasteiger partial charge in [-0.3, -0.25) is 0 Å². The number of nitrogens with two attached hydrogens (primary N) is 1. The molecule has 2 heterocycles. The van der Waals surface area contributed by atoms with Crippen molar-refractivity contribution in [2.45, 2.75) is 25.9 Å². The number of thiophene rings is 1. The van der Waals surface area contributed by atoms with Crippen molar-refractivity contribution in [1.29, 1.82) is 0 Å². The Balaban J connectivity index is 2.15. The van der Waals surface area contributed by atoms with Crippen LogP contribution in [0.5, 0.6) is 0 Å². The Bertz CT molecular complexity index is 718. The van der Waals surface area contributed by atoms with E-state index in [9.17, 15) is 0 Å². The maximum atomic E-state index is 6.39. The predicted molar refractivity (Wildman–Crippen MR) is 85.4 cm³/mol. The van der Waals surface area contributed by atoms with Gasteiger partial charge in [0.05, 0.1) is 17.1 Å². The second-order valence-corrected chi connectivity index (χ2v) is 6.16. The molecule has 0 saturated carbocycles. The molecule has 1 atom stereocenters. The number of nitrogens with zero attached hydrogens (tertiary/aromatic N) is 2. The number of imidazole rings is 1. The molecule has 0 aliphatic rings. The molecule has 0 amide bonds. The molecule has 0 bridgehead atoms. The van der Waals surface area contributed by atoms with Crippen molar-refractivity contribution >= 4 is 34.0 Å². The van der Waals surface area contributed by atoms with Crippen LogP contribution in [0.15, 0.2) is 35.7 Å². The Kier molecular flexibility index (Phi) is 3.78. The summed E-state index contributed by atoms with van der Waals surface area (Å²) in [6.07, 6.45) is 1.04. The second-order valence-electron chi connectivity index (χ2n) is 4.75. The number of benzene rings is 1. The summed E-state index contributed by atoms with van der Waals surface area (Å²) in [4.78, 5) is 5.84. The molecule has 0 radical (unpaired) electrons. The molecule has 104 valence electrons. The summed E-state index contributed by atoms with van der Waals surface area (Å²) in [6, 6.07) is 9.70. The van der Waals surface area contributed by atoms with Gasteiger partial charge in [0, 0.05) is 16.4 Å². The number of rotatable bonds is 4. The van der Waals surface area contributed by atoms with E-state index in [0.29, 0.717) is 5.02 Å². The summed E-state index contributed by atoms with van der Waals surface area (Å²) in [6.45, 7) is 3.06. The highest BCUT2D eigenvalue weighted by molar-refractivity contribution is 7.10. The lowest BCUT2D eigenvalue weighted by Gasteiger charge is -2.12. The quantitative estimate of drug-likeness (QED) is 0.784. The van der Waals surface area contributed by atoms with Crippen molar-refractivity contribution in [2.75, 3.05) is 0 Å². The summed E-state index contributed by atoms with van der Waals surface area (Å²) < 4.78 is 2.20. The lowest BCUT2D eigenvalue weighted by atomic mass is 10.2. The lowest BCUT2D eigenvalue weighted by molar-refractivity contribution is 0.630. The highest BCUT2D eigenvalue weighted by atomic mass is 35.5. The Morgan fingerprint density at radius 1 is 1.40 bits per heavy atom. The molecular formula is C15H16ClN3S. The molecule has 3 rings (SSSR count). The van der Waals surface area contributed by atoms with Gasteiger partial charge >= 0.3 is 0 Å². The van der Waals surface area contributed by atoms with Gasteiger partial charge in [-0.15, -0.1) is 11.3 Å².